The molecule has 1 unspecified atom stereocenters. The Bertz CT molecular complexity index is 785. The van der Waals surface area contributed by atoms with Crippen molar-refractivity contribution in [1.82, 2.24) is 5.32 Å². The summed E-state index contributed by atoms with van der Waals surface area (Å²) in [6.07, 6.45) is 1.21. The number of carboxylic acid groups (broad SMARTS) is 1. The molecule has 5 heteroatoms. The van der Waals surface area contributed by atoms with Crippen molar-refractivity contribution in [2.24, 2.45) is 5.92 Å². The molecule has 1 aliphatic rings. The lowest BCUT2D eigenvalue weighted by molar-refractivity contribution is -0.141. The molecule has 0 aromatic heterocycles. The SMILES string of the molecule is C=CCC(CNC(=O)OCC1c2ccccc2-c2ccccc21)C(=O)O. The minimum absolute atomic E-state index is 0.0119. The monoisotopic (exact) mass is 351 g/mol. The number of ether oxygens (including phenoxy) is 1. The summed E-state index contributed by atoms with van der Waals surface area (Å²) >= 11 is 0. The van der Waals surface area contributed by atoms with Crippen LogP contribution >= 0.6 is 0 Å². The third kappa shape index (κ3) is 3.61. The zero-order valence-corrected chi connectivity index (χ0v) is 14.4. The molecule has 2 aromatic carbocycles. The number of aliphatic carboxylic acids is 1. The lowest BCUT2D eigenvalue weighted by atomic mass is 9.98. The minimum atomic E-state index is -0.969. The molecule has 0 saturated carbocycles. The molecule has 0 saturated heterocycles. The Morgan fingerprint density at radius 2 is 1.69 bits per heavy atom. The van der Waals surface area contributed by atoms with Gasteiger partial charge in [-0.05, 0) is 28.7 Å². The van der Waals surface area contributed by atoms with E-state index < -0.39 is 18.0 Å². The van der Waals surface area contributed by atoms with E-state index in [4.69, 9.17) is 9.84 Å². The van der Waals surface area contributed by atoms with E-state index in [9.17, 15) is 9.59 Å². The predicted molar refractivity (Wildman–Crippen MR) is 99.0 cm³/mol. The summed E-state index contributed by atoms with van der Waals surface area (Å²) < 4.78 is 5.38. The summed E-state index contributed by atoms with van der Waals surface area (Å²) in [5, 5.41) is 11.6. The lowest BCUT2D eigenvalue weighted by Crippen LogP contribution is -2.33. The van der Waals surface area contributed by atoms with Crippen molar-refractivity contribution in [1.29, 1.82) is 0 Å². The zero-order chi connectivity index (χ0) is 18.5. The van der Waals surface area contributed by atoms with Gasteiger partial charge in [0.1, 0.15) is 6.61 Å². The number of carbonyl (C=O) groups excluding carboxylic acids is 1. The third-order valence-corrected chi connectivity index (χ3v) is 4.64. The summed E-state index contributed by atoms with van der Waals surface area (Å²) in [7, 11) is 0. The fourth-order valence-electron chi connectivity index (χ4n) is 3.33. The van der Waals surface area contributed by atoms with E-state index in [1.54, 1.807) is 0 Å². The maximum Gasteiger partial charge on any atom is 0.407 e. The first kappa shape index (κ1) is 17.7. The van der Waals surface area contributed by atoms with Crippen LogP contribution in [-0.2, 0) is 9.53 Å². The third-order valence-electron chi connectivity index (χ3n) is 4.64. The van der Waals surface area contributed by atoms with E-state index >= 15 is 0 Å². The molecule has 0 heterocycles. The van der Waals surface area contributed by atoms with Crippen molar-refractivity contribution in [2.75, 3.05) is 13.2 Å². The number of amides is 1. The number of nitrogens with one attached hydrogen (secondary N) is 1. The van der Waals surface area contributed by atoms with Crippen molar-refractivity contribution in [3.8, 4) is 11.1 Å². The van der Waals surface area contributed by atoms with Gasteiger partial charge < -0.3 is 15.2 Å². The number of carbonyl (C=O) groups is 2. The Labute approximate surface area is 152 Å². The molecule has 0 aliphatic heterocycles. The number of hydrogen-bond acceptors (Lipinski definition) is 3. The van der Waals surface area contributed by atoms with Crippen LogP contribution in [0, 0.1) is 5.92 Å². The lowest BCUT2D eigenvalue weighted by Gasteiger charge is -2.15. The van der Waals surface area contributed by atoms with Gasteiger partial charge in [-0.2, -0.15) is 0 Å². The Morgan fingerprint density at radius 1 is 1.12 bits per heavy atom. The molecule has 26 heavy (non-hydrogen) atoms. The Balaban J connectivity index is 1.64. The van der Waals surface area contributed by atoms with Gasteiger partial charge in [0.25, 0.3) is 0 Å². The molecule has 0 fully saturated rings. The fourth-order valence-corrected chi connectivity index (χ4v) is 3.33. The number of rotatable bonds is 7. The maximum absolute atomic E-state index is 12.0. The van der Waals surface area contributed by atoms with Crippen LogP contribution in [0.15, 0.2) is 61.2 Å². The number of hydrogen-bond donors (Lipinski definition) is 2. The minimum Gasteiger partial charge on any atom is -0.481 e. The van der Waals surface area contributed by atoms with Crippen molar-refractivity contribution in [3.63, 3.8) is 0 Å². The van der Waals surface area contributed by atoms with E-state index in [1.807, 2.05) is 36.4 Å². The van der Waals surface area contributed by atoms with Gasteiger partial charge in [-0.3, -0.25) is 4.79 Å². The first-order valence-corrected chi connectivity index (χ1v) is 8.54. The predicted octanol–water partition coefficient (Wildman–Crippen LogP) is 3.80. The Hall–Kier alpha value is -3.08. The fraction of sp³-hybridized carbons (Fsp3) is 0.238. The highest BCUT2D eigenvalue weighted by atomic mass is 16.5. The molecular weight excluding hydrogens is 330 g/mol. The molecule has 0 spiro atoms. The van der Waals surface area contributed by atoms with Gasteiger partial charge >= 0.3 is 12.1 Å². The molecule has 0 bridgehead atoms. The highest BCUT2D eigenvalue weighted by molar-refractivity contribution is 5.79. The highest BCUT2D eigenvalue weighted by Crippen LogP contribution is 2.44. The van der Waals surface area contributed by atoms with E-state index in [2.05, 4.69) is 24.0 Å². The Kier molecular flexibility index (Phi) is 5.37. The number of alkyl carbamates (subject to hydrolysis) is 1. The zero-order valence-electron chi connectivity index (χ0n) is 14.4. The second kappa shape index (κ2) is 7.87. The van der Waals surface area contributed by atoms with Gasteiger partial charge in [0, 0.05) is 12.5 Å². The quantitative estimate of drug-likeness (QED) is 0.744. The maximum atomic E-state index is 12.0. The van der Waals surface area contributed by atoms with Crippen LogP contribution in [0.5, 0.6) is 0 Å². The molecule has 0 radical (unpaired) electrons. The van der Waals surface area contributed by atoms with Crippen LogP contribution in [0.25, 0.3) is 11.1 Å². The standard InChI is InChI=1S/C21H21NO4/c1-2-7-14(20(23)24)12-22-21(25)26-13-19-17-10-5-3-8-15(17)16-9-4-6-11-18(16)19/h2-6,8-11,14,19H,1,7,12-13H2,(H,22,25)(H,23,24). The summed E-state index contributed by atoms with van der Waals surface area (Å²) in [6.45, 7) is 3.75. The van der Waals surface area contributed by atoms with Crippen LogP contribution in [-0.4, -0.2) is 30.3 Å². The summed E-state index contributed by atoms with van der Waals surface area (Å²) in [4.78, 5) is 23.1. The van der Waals surface area contributed by atoms with Gasteiger partial charge in [-0.1, -0.05) is 54.6 Å². The molecule has 3 rings (SSSR count). The second-order valence-corrected chi connectivity index (χ2v) is 6.27. The number of fused-ring (bicyclic) bond motifs is 3. The van der Waals surface area contributed by atoms with Crippen LogP contribution < -0.4 is 5.32 Å². The molecule has 134 valence electrons. The van der Waals surface area contributed by atoms with Crippen LogP contribution in [0.2, 0.25) is 0 Å². The van der Waals surface area contributed by atoms with Gasteiger partial charge in [0.05, 0.1) is 5.92 Å². The molecular formula is C21H21NO4. The van der Waals surface area contributed by atoms with Gasteiger partial charge in [-0.25, -0.2) is 4.79 Å². The van der Waals surface area contributed by atoms with Crippen LogP contribution in [0.1, 0.15) is 23.5 Å². The number of benzene rings is 2. The summed E-state index contributed by atoms with van der Waals surface area (Å²) in [5.74, 6) is -1.69. The molecule has 1 amide bonds. The van der Waals surface area contributed by atoms with Crippen molar-refractivity contribution in [2.45, 2.75) is 12.3 Å². The van der Waals surface area contributed by atoms with Crippen molar-refractivity contribution >= 4 is 12.1 Å². The molecule has 2 N–H and O–H groups in total. The van der Waals surface area contributed by atoms with Crippen molar-refractivity contribution < 1.29 is 19.4 Å². The molecule has 2 aromatic rings. The molecule has 5 nitrogen and oxygen atoms in total. The van der Waals surface area contributed by atoms with Crippen molar-refractivity contribution in [3.05, 3.63) is 72.3 Å². The van der Waals surface area contributed by atoms with Crippen LogP contribution in [0.4, 0.5) is 4.79 Å². The van der Waals surface area contributed by atoms with E-state index in [0.29, 0.717) is 6.42 Å². The molecule has 1 aliphatic carbocycles. The summed E-state index contributed by atoms with van der Waals surface area (Å²) in [5.41, 5.74) is 4.59. The van der Waals surface area contributed by atoms with Gasteiger partial charge in [0.2, 0.25) is 0 Å². The van der Waals surface area contributed by atoms with E-state index in [0.717, 1.165) is 22.3 Å². The smallest absolute Gasteiger partial charge is 0.407 e. The molecule has 1 atom stereocenters. The highest BCUT2D eigenvalue weighted by Gasteiger charge is 2.29. The average Bonchev–Trinajstić information content (AvgIpc) is 2.97. The topological polar surface area (TPSA) is 75.6 Å². The normalized spacial score (nSPS) is 13.4. The number of allylic oxidation sites excluding steroid dienone is 1. The summed E-state index contributed by atoms with van der Waals surface area (Å²) in [6, 6.07) is 16.2. The van der Waals surface area contributed by atoms with Gasteiger partial charge in [0.15, 0.2) is 0 Å². The first-order chi connectivity index (χ1) is 12.6. The second-order valence-electron chi connectivity index (χ2n) is 6.27. The van der Waals surface area contributed by atoms with Gasteiger partial charge in [-0.15, -0.1) is 6.58 Å². The number of carboxylic acids is 1. The largest absolute Gasteiger partial charge is 0.481 e. The van der Waals surface area contributed by atoms with Crippen LogP contribution in [0.3, 0.4) is 0 Å². The van der Waals surface area contributed by atoms with E-state index in [1.165, 1.54) is 6.08 Å². The van der Waals surface area contributed by atoms with E-state index in [-0.39, 0.29) is 19.1 Å². The average molecular weight is 351 g/mol. The Morgan fingerprint density at radius 3 is 2.23 bits per heavy atom. The first-order valence-electron chi connectivity index (χ1n) is 8.54.